The van der Waals surface area contributed by atoms with Gasteiger partial charge >= 0.3 is 24.7 Å². The van der Waals surface area contributed by atoms with Gasteiger partial charge in [0.25, 0.3) is 0 Å². The molecule has 0 unspecified atom stereocenters. The number of hydrogen-bond donors (Lipinski definition) is 0. The van der Waals surface area contributed by atoms with Crippen LogP contribution in [-0.2, 0) is 51.0 Å². The number of benzene rings is 6. The van der Waals surface area contributed by atoms with Crippen LogP contribution in [0.5, 0.6) is 0 Å². The Balaban J connectivity index is 0.000000305. The lowest BCUT2D eigenvalue weighted by molar-refractivity contribution is -0.138. The van der Waals surface area contributed by atoms with E-state index in [0.717, 1.165) is 60.5 Å². The van der Waals surface area contributed by atoms with Gasteiger partial charge in [0.05, 0.1) is 32.2 Å². The van der Waals surface area contributed by atoms with Crippen molar-refractivity contribution >= 4 is 37.9 Å². The highest BCUT2D eigenvalue weighted by atomic mass is 32.2. The van der Waals surface area contributed by atoms with Crippen molar-refractivity contribution in [3.63, 3.8) is 0 Å². The van der Waals surface area contributed by atoms with Gasteiger partial charge in [-0.25, -0.2) is 0 Å². The third-order valence-electron chi connectivity index (χ3n) is 9.74. The van der Waals surface area contributed by atoms with Crippen molar-refractivity contribution in [1.29, 1.82) is 0 Å². The molecule has 310 valence electrons. The van der Waals surface area contributed by atoms with Crippen molar-refractivity contribution in [2.24, 2.45) is 0 Å². The second-order valence-corrected chi connectivity index (χ2v) is 17.6. The maximum Gasteiger partial charge on any atom is 0.416 e. The van der Waals surface area contributed by atoms with Crippen LogP contribution in [0.1, 0.15) is 38.9 Å². The molecule has 0 spiro atoms. The summed E-state index contributed by atoms with van der Waals surface area (Å²) in [6.07, 6.45) is -17.4. The maximum atomic E-state index is 13.3. The van der Waals surface area contributed by atoms with Crippen molar-refractivity contribution in [2.45, 2.75) is 36.9 Å². The van der Waals surface area contributed by atoms with E-state index in [1.807, 2.05) is 18.6 Å². The third kappa shape index (κ3) is 11.3. The highest BCUT2D eigenvalue weighted by molar-refractivity contribution is 8.00. The summed E-state index contributed by atoms with van der Waals surface area (Å²) in [6.45, 7) is 0. The predicted octanol–water partition coefficient (Wildman–Crippen LogP) is 10.7. The SMILES string of the molecule is C[S+](C)(=O)Cc1ccc(Cc2ccccc2)cc1.FC(F)(F)c1ccc([B-](c2ccc(C(F)(F)F)cc2)(c2ccc(C(F)(F)F)cc2)c2ccc(C(F)(F)F)cc2)cc1. The van der Waals surface area contributed by atoms with Crippen LogP contribution in [0.3, 0.4) is 0 Å². The molecule has 15 heteroatoms. The molecule has 0 atom stereocenters. The fraction of sp³-hybridized carbons (Fsp3) is 0.182. The molecular weight excluding hydrogens is 815 g/mol. The first-order valence-electron chi connectivity index (χ1n) is 17.8. The number of rotatable bonds is 8. The van der Waals surface area contributed by atoms with Crippen LogP contribution >= 0.6 is 0 Å². The van der Waals surface area contributed by atoms with Crippen molar-refractivity contribution in [3.8, 4) is 0 Å². The maximum absolute atomic E-state index is 13.3. The standard InChI is InChI=1S/C28H16BF12.C16H19OS/c30-25(31,32)17-1-9-21(10-2-17)29(22-11-3-18(4-12-22)26(33,34)35,23-13-5-19(6-14-23)27(36,37)38)24-15-7-20(8-16-24)28(39,40)41;1-18(2,17)13-16-10-8-15(9-11-16)12-14-6-4-3-5-7-14/h1-16H;3-11H,12-13H2,1-2H3/q-1;+1. The van der Waals surface area contributed by atoms with Gasteiger partial charge in [0.15, 0.2) is 0 Å². The van der Waals surface area contributed by atoms with E-state index in [2.05, 4.69) is 48.5 Å². The van der Waals surface area contributed by atoms with Crippen LogP contribution in [-0.4, -0.2) is 18.7 Å². The predicted molar refractivity (Wildman–Crippen MR) is 209 cm³/mol. The van der Waals surface area contributed by atoms with Gasteiger partial charge in [-0.05, 0) is 17.5 Å². The topological polar surface area (TPSA) is 17.1 Å². The molecule has 0 amide bonds. The third-order valence-corrected chi connectivity index (χ3v) is 10.8. The molecule has 0 aliphatic rings. The Morgan fingerprint density at radius 2 is 0.627 bits per heavy atom. The lowest BCUT2D eigenvalue weighted by Gasteiger charge is -2.44. The molecule has 6 rings (SSSR count). The Morgan fingerprint density at radius 1 is 0.373 bits per heavy atom. The molecule has 0 aliphatic heterocycles. The number of alkyl halides is 12. The second kappa shape index (κ2) is 17.1. The fourth-order valence-electron chi connectivity index (χ4n) is 6.98. The largest absolute Gasteiger partial charge is 0.416 e. The van der Waals surface area contributed by atoms with Gasteiger partial charge < -0.3 is 0 Å². The van der Waals surface area contributed by atoms with E-state index < -0.39 is 63.0 Å². The molecule has 0 aromatic heterocycles. The van der Waals surface area contributed by atoms with Crippen molar-refractivity contribution in [3.05, 3.63) is 191 Å². The van der Waals surface area contributed by atoms with Crippen molar-refractivity contribution in [2.75, 3.05) is 12.5 Å². The van der Waals surface area contributed by atoms with E-state index in [9.17, 15) is 56.9 Å². The average Bonchev–Trinajstić information content (AvgIpc) is 3.15. The van der Waals surface area contributed by atoms with E-state index in [-0.39, 0.29) is 21.9 Å². The molecule has 0 saturated heterocycles. The van der Waals surface area contributed by atoms with Gasteiger partial charge in [-0.2, -0.15) is 74.5 Å². The summed E-state index contributed by atoms with van der Waals surface area (Å²) in [5.74, 6) is 0.665. The van der Waals surface area contributed by atoms with Gasteiger partial charge in [0, 0.05) is 5.56 Å². The molecule has 1 nitrogen and oxygen atoms in total. The van der Waals surface area contributed by atoms with Gasteiger partial charge in [0.2, 0.25) is 0 Å². The zero-order valence-electron chi connectivity index (χ0n) is 31.3. The number of hydrogen-bond acceptors (Lipinski definition) is 1. The Labute approximate surface area is 334 Å². The van der Waals surface area contributed by atoms with Crippen LogP contribution < -0.4 is 21.9 Å². The van der Waals surface area contributed by atoms with Gasteiger partial charge in [-0.15, -0.1) is 4.21 Å². The first-order chi connectivity index (χ1) is 27.4. The Hall–Kier alpha value is -5.31. The van der Waals surface area contributed by atoms with Crippen LogP contribution in [0.4, 0.5) is 52.7 Å². The van der Waals surface area contributed by atoms with Crippen molar-refractivity contribution < 1.29 is 56.9 Å². The fourth-order valence-corrected chi connectivity index (χ4v) is 7.98. The molecule has 0 fully saturated rings. The van der Waals surface area contributed by atoms with Crippen LogP contribution in [0.25, 0.3) is 0 Å². The average molecular weight is 851 g/mol. The molecule has 0 saturated carbocycles. The Kier molecular flexibility index (Phi) is 13.0. The van der Waals surface area contributed by atoms with E-state index in [0.29, 0.717) is 54.3 Å². The molecule has 6 aromatic rings. The molecule has 6 aromatic carbocycles. The first-order valence-corrected chi connectivity index (χ1v) is 20.3. The molecular formula is C44H35BF12OS. The minimum Gasteiger partial charge on any atom is -0.195 e. The molecule has 59 heavy (non-hydrogen) atoms. The van der Waals surface area contributed by atoms with Gasteiger partial charge in [-0.3, -0.25) is 0 Å². The normalized spacial score (nSPS) is 12.8. The van der Waals surface area contributed by atoms with E-state index in [1.54, 1.807) is 0 Å². The quantitative estimate of drug-likeness (QED) is 0.0847. The summed E-state index contributed by atoms with van der Waals surface area (Å²) in [6, 6.07) is 32.4. The Bertz CT molecular complexity index is 2090. The molecule has 0 radical (unpaired) electrons. The highest BCUT2D eigenvalue weighted by Gasteiger charge is 2.38. The monoisotopic (exact) mass is 850 g/mol. The zero-order chi connectivity index (χ0) is 43.4. The van der Waals surface area contributed by atoms with E-state index in [1.165, 1.54) is 11.1 Å². The molecule has 0 aliphatic carbocycles. The molecule has 0 bridgehead atoms. The van der Waals surface area contributed by atoms with Crippen LogP contribution in [0, 0.1) is 0 Å². The summed E-state index contributed by atoms with van der Waals surface area (Å²) in [7, 11) is -1.70. The van der Waals surface area contributed by atoms with Crippen molar-refractivity contribution in [1.82, 2.24) is 0 Å². The summed E-state index contributed by atoms with van der Waals surface area (Å²) in [5, 5.41) is 0. The summed E-state index contributed by atoms with van der Waals surface area (Å²) in [5.41, 5.74) is -0.526. The minimum absolute atomic E-state index is 0.0114. The lowest BCUT2D eigenvalue weighted by atomic mass is 9.13. The lowest BCUT2D eigenvalue weighted by Crippen LogP contribution is -2.74. The Morgan fingerprint density at radius 3 is 0.881 bits per heavy atom. The van der Waals surface area contributed by atoms with Crippen LogP contribution in [0.2, 0.25) is 0 Å². The molecule has 0 heterocycles. The molecule has 0 N–H and O–H groups in total. The minimum atomic E-state index is -4.77. The summed E-state index contributed by atoms with van der Waals surface area (Å²) < 4.78 is 172. The highest BCUT2D eigenvalue weighted by Crippen LogP contribution is 2.32. The first kappa shape index (κ1) is 44.8. The number of halogens is 12. The van der Waals surface area contributed by atoms with Gasteiger partial charge in [-0.1, -0.05) is 152 Å². The smallest absolute Gasteiger partial charge is 0.195 e. The summed E-state index contributed by atoms with van der Waals surface area (Å²) >= 11 is 0. The van der Waals surface area contributed by atoms with E-state index >= 15 is 0 Å². The second-order valence-electron chi connectivity index (χ2n) is 14.4. The summed E-state index contributed by atoms with van der Waals surface area (Å²) in [4.78, 5) is 0. The van der Waals surface area contributed by atoms with Gasteiger partial charge in [0.1, 0.15) is 24.4 Å². The zero-order valence-corrected chi connectivity index (χ0v) is 32.1. The van der Waals surface area contributed by atoms with Crippen LogP contribution in [0.15, 0.2) is 152 Å². The van der Waals surface area contributed by atoms with E-state index in [4.69, 9.17) is 0 Å².